The van der Waals surface area contributed by atoms with Crippen molar-refractivity contribution in [3.63, 3.8) is 0 Å². The number of nitrogens with zero attached hydrogens (tertiary/aromatic N) is 1. The van der Waals surface area contributed by atoms with Crippen molar-refractivity contribution in [1.29, 1.82) is 0 Å². The number of fused-ring (bicyclic) bond motifs is 2. The second kappa shape index (κ2) is 6.92. The van der Waals surface area contributed by atoms with Gasteiger partial charge in [-0.1, -0.05) is 12.1 Å². The quantitative estimate of drug-likeness (QED) is 0.728. The average molecular weight is 439 g/mol. The summed E-state index contributed by atoms with van der Waals surface area (Å²) in [7, 11) is -3.39. The minimum absolute atomic E-state index is 0.127. The Kier molecular flexibility index (Phi) is 4.52. The van der Waals surface area contributed by atoms with Crippen LogP contribution in [0.15, 0.2) is 42.5 Å². The number of rotatable bonds is 4. The summed E-state index contributed by atoms with van der Waals surface area (Å²) in [6.45, 7) is 0.588. The number of carbonyl (C=O) groups excluding carboxylic acids is 2. The van der Waals surface area contributed by atoms with E-state index in [0.29, 0.717) is 28.8 Å². The molecule has 6 nitrogen and oxygen atoms in total. The lowest BCUT2D eigenvalue weighted by atomic mass is 9.66. The zero-order chi connectivity index (χ0) is 21.9. The Balaban J connectivity index is 1.54. The molecule has 2 fully saturated rings. The van der Waals surface area contributed by atoms with Crippen molar-refractivity contribution in [2.24, 2.45) is 5.41 Å². The van der Waals surface area contributed by atoms with Crippen molar-refractivity contribution < 1.29 is 18.0 Å². The minimum atomic E-state index is -3.39. The first-order valence-electron chi connectivity index (χ1n) is 10.7. The molecule has 7 heteroatoms. The molecule has 0 bridgehead atoms. The van der Waals surface area contributed by atoms with E-state index in [9.17, 15) is 18.0 Å². The summed E-state index contributed by atoms with van der Waals surface area (Å²) < 4.78 is 26.1. The van der Waals surface area contributed by atoms with Crippen molar-refractivity contribution in [2.45, 2.75) is 43.9 Å². The smallest absolute Gasteiger partial charge is 0.258 e. The molecule has 1 aliphatic heterocycles. The van der Waals surface area contributed by atoms with E-state index in [4.69, 9.17) is 0 Å². The van der Waals surface area contributed by atoms with Gasteiger partial charge in [-0.05, 0) is 79.8 Å². The fraction of sp³-hybridized carbons (Fsp3) is 0.417. The molecule has 162 valence electrons. The Morgan fingerprint density at radius 1 is 1.03 bits per heavy atom. The Morgan fingerprint density at radius 2 is 1.74 bits per heavy atom. The van der Waals surface area contributed by atoms with Gasteiger partial charge in [0, 0.05) is 34.5 Å². The number of sulfonamides is 1. The number of amides is 1. The highest BCUT2D eigenvalue weighted by atomic mass is 32.2. The Labute approximate surface area is 182 Å². The van der Waals surface area contributed by atoms with Crippen LogP contribution < -0.4 is 9.62 Å². The van der Waals surface area contributed by atoms with Gasteiger partial charge in [-0.3, -0.25) is 14.3 Å². The largest absolute Gasteiger partial charge is 0.307 e. The monoisotopic (exact) mass is 438 g/mol. The Bertz CT molecular complexity index is 1170. The van der Waals surface area contributed by atoms with Gasteiger partial charge < -0.3 is 4.90 Å². The number of hydrogen-bond acceptors (Lipinski definition) is 4. The average Bonchev–Trinajstić information content (AvgIpc) is 3.44. The molecule has 1 amide bonds. The van der Waals surface area contributed by atoms with Crippen LogP contribution in [0, 0.1) is 5.41 Å². The molecule has 3 aliphatic rings. The molecule has 0 saturated heterocycles. The number of carbonyl (C=O) groups is 2. The summed E-state index contributed by atoms with van der Waals surface area (Å²) in [5.41, 5.74) is 3.73. The highest BCUT2D eigenvalue weighted by Gasteiger charge is 2.53. The summed E-state index contributed by atoms with van der Waals surface area (Å²) in [5, 5.41) is 0. The van der Waals surface area contributed by atoms with Crippen LogP contribution in [-0.4, -0.2) is 33.4 Å². The number of anilines is 2. The SMILES string of the molecule is CS(=O)(=O)Nc1ccc2c(c1)C1(CCC3(CC3)CC1)CN2C(=O)c1cccc(C=O)c1. The topological polar surface area (TPSA) is 83.6 Å². The van der Waals surface area contributed by atoms with Gasteiger partial charge >= 0.3 is 0 Å². The van der Waals surface area contributed by atoms with Crippen molar-refractivity contribution >= 4 is 33.6 Å². The molecule has 0 radical (unpaired) electrons. The van der Waals surface area contributed by atoms with Gasteiger partial charge in [-0.15, -0.1) is 0 Å². The van der Waals surface area contributed by atoms with Gasteiger partial charge in [0.1, 0.15) is 6.29 Å². The highest BCUT2D eigenvalue weighted by molar-refractivity contribution is 7.92. The van der Waals surface area contributed by atoms with E-state index >= 15 is 0 Å². The van der Waals surface area contributed by atoms with Gasteiger partial charge in [0.15, 0.2) is 0 Å². The molecule has 2 spiro atoms. The highest BCUT2D eigenvalue weighted by Crippen LogP contribution is 2.62. The second-order valence-electron chi connectivity index (χ2n) is 9.52. The summed E-state index contributed by atoms with van der Waals surface area (Å²) in [6.07, 6.45) is 8.79. The first-order valence-corrected chi connectivity index (χ1v) is 12.6. The number of nitrogens with one attached hydrogen (secondary N) is 1. The van der Waals surface area contributed by atoms with Crippen LogP contribution >= 0.6 is 0 Å². The number of hydrogen-bond donors (Lipinski definition) is 1. The third-order valence-electron chi connectivity index (χ3n) is 7.36. The van der Waals surface area contributed by atoms with Crippen molar-refractivity contribution in [2.75, 3.05) is 22.4 Å². The van der Waals surface area contributed by atoms with Gasteiger partial charge in [-0.25, -0.2) is 8.42 Å². The van der Waals surface area contributed by atoms with Crippen molar-refractivity contribution in [3.8, 4) is 0 Å². The van der Waals surface area contributed by atoms with Crippen LogP contribution in [0.2, 0.25) is 0 Å². The maximum absolute atomic E-state index is 13.5. The molecule has 5 rings (SSSR count). The maximum atomic E-state index is 13.5. The van der Waals surface area contributed by atoms with E-state index in [-0.39, 0.29) is 11.3 Å². The van der Waals surface area contributed by atoms with E-state index in [2.05, 4.69) is 4.72 Å². The summed E-state index contributed by atoms with van der Waals surface area (Å²) in [4.78, 5) is 26.5. The van der Waals surface area contributed by atoms with Crippen molar-refractivity contribution in [1.82, 2.24) is 0 Å². The maximum Gasteiger partial charge on any atom is 0.258 e. The zero-order valence-corrected chi connectivity index (χ0v) is 18.4. The van der Waals surface area contributed by atoms with Gasteiger partial charge in [0.25, 0.3) is 5.91 Å². The van der Waals surface area contributed by atoms with E-state index in [0.717, 1.165) is 49.5 Å². The van der Waals surface area contributed by atoms with Crippen LogP contribution in [0.4, 0.5) is 11.4 Å². The van der Waals surface area contributed by atoms with Crippen LogP contribution in [0.1, 0.15) is 64.8 Å². The van der Waals surface area contributed by atoms with Crippen LogP contribution in [0.25, 0.3) is 0 Å². The lowest BCUT2D eigenvalue weighted by molar-refractivity contribution is 0.0980. The summed E-state index contributed by atoms with van der Waals surface area (Å²) in [6, 6.07) is 12.2. The van der Waals surface area contributed by atoms with Gasteiger partial charge in [-0.2, -0.15) is 0 Å². The Hall–Kier alpha value is -2.67. The lowest BCUT2D eigenvalue weighted by Gasteiger charge is -2.38. The van der Waals surface area contributed by atoms with Crippen LogP contribution in [0.3, 0.4) is 0 Å². The van der Waals surface area contributed by atoms with Crippen LogP contribution in [-0.2, 0) is 15.4 Å². The van der Waals surface area contributed by atoms with Gasteiger partial charge in [0.05, 0.1) is 6.26 Å². The van der Waals surface area contributed by atoms with Crippen molar-refractivity contribution in [3.05, 3.63) is 59.2 Å². The minimum Gasteiger partial charge on any atom is -0.307 e. The van der Waals surface area contributed by atoms with E-state index in [1.807, 2.05) is 17.0 Å². The fourth-order valence-electron chi connectivity index (χ4n) is 5.39. The lowest BCUT2D eigenvalue weighted by Crippen LogP contribution is -2.40. The molecule has 2 aliphatic carbocycles. The standard InChI is InChI=1S/C24H26N2O4S/c1-31(29,30)25-19-5-6-21-20(14-19)24(11-9-23(7-8-23)10-12-24)16-26(21)22(28)18-4-2-3-17(13-18)15-27/h2-6,13-15,25H,7-12,16H2,1H3. The predicted molar refractivity (Wildman–Crippen MR) is 120 cm³/mol. The molecule has 1 N–H and O–H groups in total. The Morgan fingerprint density at radius 3 is 2.39 bits per heavy atom. The molecule has 0 unspecified atom stereocenters. The summed E-state index contributed by atoms with van der Waals surface area (Å²) in [5.74, 6) is -0.127. The predicted octanol–water partition coefficient (Wildman–Crippen LogP) is 4.12. The molecular weight excluding hydrogens is 412 g/mol. The molecule has 2 saturated carbocycles. The van der Waals surface area contributed by atoms with Crippen LogP contribution in [0.5, 0.6) is 0 Å². The number of aldehydes is 1. The molecule has 31 heavy (non-hydrogen) atoms. The van der Waals surface area contributed by atoms with E-state index < -0.39 is 10.0 Å². The molecule has 0 aromatic heterocycles. The number of benzene rings is 2. The van der Waals surface area contributed by atoms with E-state index in [1.54, 1.807) is 30.3 Å². The van der Waals surface area contributed by atoms with E-state index in [1.165, 1.54) is 12.8 Å². The molecule has 0 atom stereocenters. The molecule has 2 aromatic rings. The molecule has 1 heterocycles. The third-order valence-corrected chi connectivity index (χ3v) is 7.97. The molecule has 2 aromatic carbocycles. The molecular formula is C24H26N2O4S. The zero-order valence-electron chi connectivity index (χ0n) is 17.6. The first kappa shape index (κ1) is 20.2. The summed E-state index contributed by atoms with van der Waals surface area (Å²) >= 11 is 0. The second-order valence-corrected chi connectivity index (χ2v) is 11.3. The normalized spacial score (nSPS) is 20.5. The first-order chi connectivity index (χ1) is 14.7. The van der Waals surface area contributed by atoms with Gasteiger partial charge in [0.2, 0.25) is 10.0 Å². The fourth-order valence-corrected chi connectivity index (χ4v) is 5.95. The third kappa shape index (κ3) is 3.65.